The summed E-state index contributed by atoms with van der Waals surface area (Å²) in [6.45, 7) is 3.60. The third-order valence-electron chi connectivity index (χ3n) is 3.69. The minimum atomic E-state index is 0.119. The number of hydrogen-bond acceptors (Lipinski definition) is 4. The summed E-state index contributed by atoms with van der Waals surface area (Å²) in [6.07, 6.45) is 7.42. The van der Waals surface area contributed by atoms with Crippen LogP contribution in [0.2, 0.25) is 0 Å². The van der Waals surface area contributed by atoms with E-state index in [9.17, 15) is 4.79 Å². The summed E-state index contributed by atoms with van der Waals surface area (Å²) < 4.78 is 5.26. The molecule has 2 fully saturated rings. The van der Waals surface area contributed by atoms with E-state index < -0.39 is 0 Å². The van der Waals surface area contributed by atoms with Gasteiger partial charge in [0.15, 0.2) is 0 Å². The molecule has 0 radical (unpaired) electrons. The molecule has 104 valence electrons. The van der Waals surface area contributed by atoms with Gasteiger partial charge in [0.1, 0.15) is 0 Å². The number of ether oxygens (including phenoxy) is 1. The SMILES string of the molecule is O=C(CNN1CCOCC1)NC1CCCCCC1. The van der Waals surface area contributed by atoms with Gasteiger partial charge in [-0.05, 0) is 12.8 Å². The highest BCUT2D eigenvalue weighted by molar-refractivity contribution is 5.78. The number of nitrogens with zero attached hydrogens (tertiary/aromatic N) is 1. The molecule has 0 aromatic rings. The molecule has 1 heterocycles. The molecule has 2 N–H and O–H groups in total. The first-order valence-electron chi connectivity index (χ1n) is 7.20. The van der Waals surface area contributed by atoms with Crippen LogP contribution in [0.1, 0.15) is 38.5 Å². The van der Waals surface area contributed by atoms with Crippen molar-refractivity contribution in [1.29, 1.82) is 0 Å². The first-order valence-corrected chi connectivity index (χ1v) is 7.20. The van der Waals surface area contributed by atoms with Gasteiger partial charge >= 0.3 is 0 Å². The zero-order chi connectivity index (χ0) is 12.6. The predicted molar refractivity (Wildman–Crippen MR) is 70.0 cm³/mol. The van der Waals surface area contributed by atoms with Crippen LogP contribution in [0.4, 0.5) is 0 Å². The van der Waals surface area contributed by atoms with Crippen LogP contribution in [0.25, 0.3) is 0 Å². The third kappa shape index (κ3) is 4.92. The Hall–Kier alpha value is -0.650. The fourth-order valence-electron chi connectivity index (χ4n) is 2.61. The van der Waals surface area contributed by atoms with Gasteiger partial charge in [0.25, 0.3) is 0 Å². The molecule has 1 aliphatic carbocycles. The number of hydrazine groups is 1. The van der Waals surface area contributed by atoms with E-state index in [1.807, 2.05) is 0 Å². The molecule has 5 heteroatoms. The first kappa shape index (κ1) is 13.8. The zero-order valence-electron chi connectivity index (χ0n) is 11.1. The summed E-state index contributed by atoms with van der Waals surface area (Å²) in [4.78, 5) is 11.8. The number of carbonyl (C=O) groups excluding carboxylic acids is 1. The van der Waals surface area contributed by atoms with Crippen LogP contribution in [0.3, 0.4) is 0 Å². The lowest BCUT2D eigenvalue weighted by atomic mass is 10.1. The Morgan fingerprint density at radius 1 is 1.11 bits per heavy atom. The van der Waals surface area contributed by atoms with Gasteiger partial charge in [-0.25, -0.2) is 10.4 Å². The number of rotatable bonds is 4. The highest BCUT2D eigenvalue weighted by atomic mass is 16.5. The quantitative estimate of drug-likeness (QED) is 0.725. The average molecular weight is 255 g/mol. The maximum atomic E-state index is 11.8. The van der Waals surface area contributed by atoms with Gasteiger partial charge in [0.05, 0.1) is 19.8 Å². The molecule has 1 saturated heterocycles. The van der Waals surface area contributed by atoms with Crippen molar-refractivity contribution in [2.45, 2.75) is 44.6 Å². The van der Waals surface area contributed by atoms with Gasteiger partial charge in [-0.1, -0.05) is 25.7 Å². The van der Waals surface area contributed by atoms with Crippen molar-refractivity contribution in [1.82, 2.24) is 15.8 Å². The maximum Gasteiger partial charge on any atom is 0.235 e. The molecule has 0 aromatic carbocycles. The summed E-state index contributed by atoms with van der Waals surface area (Å²) in [5.74, 6) is 0.119. The van der Waals surface area contributed by atoms with E-state index in [1.165, 1.54) is 25.7 Å². The largest absolute Gasteiger partial charge is 0.379 e. The molecular formula is C13H25N3O2. The van der Waals surface area contributed by atoms with Gasteiger partial charge in [0, 0.05) is 19.1 Å². The summed E-state index contributed by atoms with van der Waals surface area (Å²) in [6, 6.07) is 0.395. The molecule has 18 heavy (non-hydrogen) atoms. The van der Waals surface area contributed by atoms with Crippen molar-refractivity contribution < 1.29 is 9.53 Å². The Bertz CT molecular complexity index is 247. The molecule has 1 saturated carbocycles. The van der Waals surface area contributed by atoms with E-state index in [0.717, 1.165) is 39.1 Å². The lowest BCUT2D eigenvalue weighted by Gasteiger charge is -2.27. The number of carbonyl (C=O) groups is 1. The Balaban J connectivity index is 1.61. The molecule has 1 amide bonds. The van der Waals surface area contributed by atoms with Crippen LogP contribution in [0.15, 0.2) is 0 Å². The molecular weight excluding hydrogens is 230 g/mol. The molecule has 0 aromatic heterocycles. The maximum absolute atomic E-state index is 11.8. The summed E-state index contributed by atoms with van der Waals surface area (Å²) in [7, 11) is 0. The van der Waals surface area contributed by atoms with Crippen molar-refractivity contribution >= 4 is 5.91 Å². The minimum absolute atomic E-state index is 0.119. The van der Waals surface area contributed by atoms with E-state index in [0.29, 0.717) is 12.6 Å². The number of morpholine rings is 1. The Kier molecular flexibility index (Phi) is 5.90. The second-order valence-corrected chi connectivity index (χ2v) is 5.19. The van der Waals surface area contributed by atoms with Crippen molar-refractivity contribution in [2.75, 3.05) is 32.8 Å². The molecule has 2 aliphatic rings. The second-order valence-electron chi connectivity index (χ2n) is 5.19. The second kappa shape index (κ2) is 7.71. The highest BCUT2D eigenvalue weighted by Gasteiger charge is 2.15. The van der Waals surface area contributed by atoms with Crippen LogP contribution in [-0.2, 0) is 9.53 Å². The Morgan fingerprint density at radius 3 is 2.44 bits per heavy atom. The summed E-state index contributed by atoms with van der Waals surface area (Å²) in [5.41, 5.74) is 3.17. The number of hydrogen-bond donors (Lipinski definition) is 2. The Morgan fingerprint density at radius 2 is 1.78 bits per heavy atom. The monoisotopic (exact) mass is 255 g/mol. The predicted octanol–water partition coefficient (Wildman–Crippen LogP) is 0.662. The molecule has 1 aliphatic heterocycles. The van der Waals surface area contributed by atoms with E-state index in [1.54, 1.807) is 0 Å². The molecule has 0 unspecified atom stereocenters. The van der Waals surface area contributed by atoms with Crippen molar-refractivity contribution in [3.63, 3.8) is 0 Å². The average Bonchev–Trinajstić information content (AvgIpc) is 2.66. The van der Waals surface area contributed by atoms with Crippen molar-refractivity contribution in [2.24, 2.45) is 0 Å². The zero-order valence-corrected chi connectivity index (χ0v) is 11.1. The van der Waals surface area contributed by atoms with Crippen LogP contribution < -0.4 is 10.7 Å². The van der Waals surface area contributed by atoms with Crippen LogP contribution in [0, 0.1) is 0 Å². The molecule has 0 bridgehead atoms. The van der Waals surface area contributed by atoms with Crippen molar-refractivity contribution in [3.8, 4) is 0 Å². The number of nitrogens with one attached hydrogen (secondary N) is 2. The number of amides is 1. The van der Waals surface area contributed by atoms with Gasteiger partial charge < -0.3 is 10.1 Å². The normalized spacial score (nSPS) is 23.6. The van der Waals surface area contributed by atoms with Gasteiger partial charge in [-0.3, -0.25) is 4.79 Å². The first-order chi connectivity index (χ1) is 8.84. The van der Waals surface area contributed by atoms with E-state index in [-0.39, 0.29) is 5.91 Å². The van der Waals surface area contributed by atoms with E-state index in [2.05, 4.69) is 15.8 Å². The van der Waals surface area contributed by atoms with E-state index >= 15 is 0 Å². The smallest absolute Gasteiger partial charge is 0.235 e. The molecule has 0 atom stereocenters. The minimum Gasteiger partial charge on any atom is -0.379 e. The van der Waals surface area contributed by atoms with Crippen LogP contribution in [0.5, 0.6) is 0 Å². The standard InChI is InChI=1S/C13H25N3O2/c17-13(11-14-16-7-9-18-10-8-16)15-12-5-3-1-2-4-6-12/h12,14H,1-11H2,(H,15,17). The fourth-order valence-corrected chi connectivity index (χ4v) is 2.61. The third-order valence-corrected chi connectivity index (χ3v) is 3.69. The molecule has 5 nitrogen and oxygen atoms in total. The lowest BCUT2D eigenvalue weighted by Crippen LogP contribution is -2.50. The summed E-state index contributed by atoms with van der Waals surface area (Å²) in [5, 5.41) is 5.20. The summed E-state index contributed by atoms with van der Waals surface area (Å²) >= 11 is 0. The fraction of sp³-hybridized carbons (Fsp3) is 0.923. The van der Waals surface area contributed by atoms with Gasteiger partial charge in [0.2, 0.25) is 5.91 Å². The Labute approximate surface area is 109 Å². The van der Waals surface area contributed by atoms with Crippen LogP contribution >= 0.6 is 0 Å². The lowest BCUT2D eigenvalue weighted by molar-refractivity contribution is -0.122. The topological polar surface area (TPSA) is 53.6 Å². The van der Waals surface area contributed by atoms with Gasteiger partial charge in [-0.15, -0.1) is 0 Å². The van der Waals surface area contributed by atoms with Gasteiger partial charge in [-0.2, -0.15) is 0 Å². The highest BCUT2D eigenvalue weighted by Crippen LogP contribution is 2.16. The van der Waals surface area contributed by atoms with Crippen molar-refractivity contribution in [3.05, 3.63) is 0 Å². The molecule has 2 rings (SSSR count). The molecule has 0 spiro atoms. The van der Waals surface area contributed by atoms with Crippen LogP contribution in [-0.4, -0.2) is 49.8 Å². The van der Waals surface area contributed by atoms with E-state index in [4.69, 9.17) is 4.74 Å².